The molecule has 0 aliphatic carbocycles. The van der Waals surface area contributed by atoms with Crippen LogP contribution in [0.5, 0.6) is 0 Å². The normalized spacial score (nSPS) is 17.8. The molecule has 1 unspecified atom stereocenters. The molecule has 0 saturated carbocycles. The van der Waals surface area contributed by atoms with Crippen molar-refractivity contribution in [1.82, 2.24) is 20.4 Å². The molecule has 2 N–H and O–H groups in total. The van der Waals surface area contributed by atoms with Crippen LogP contribution in [0.25, 0.3) is 0 Å². The summed E-state index contributed by atoms with van der Waals surface area (Å²) < 4.78 is 5.35. The molecule has 1 aliphatic rings. The van der Waals surface area contributed by atoms with Gasteiger partial charge in [0.2, 0.25) is 0 Å². The number of nitrogens with one attached hydrogen (secondary N) is 2. The molecule has 0 aromatic carbocycles. The Morgan fingerprint density at radius 1 is 1.08 bits per heavy atom. The lowest BCUT2D eigenvalue weighted by molar-refractivity contribution is 0.124. The number of piperazine rings is 1. The maximum Gasteiger partial charge on any atom is 0.190 e. The Morgan fingerprint density at radius 3 is 2.36 bits per heavy atom. The average Bonchev–Trinajstić information content (AvgIpc) is 2.61. The summed E-state index contributed by atoms with van der Waals surface area (Å²) in [6, 6.07) is 0. The highest BCUT2D eigenvalue weighted by molar-refractivity contribution is 14.0. The van der Waals surface area contributed by atoms with Crippen molar-refractivity contribution in [3.63, 3.8) is 0 Å². The lowest BCUT2D eigenvalue weighted by Crippen LogP contribution is -2.48. The Balaban J connectivity index is 0.00000576. The first-order valence-electron chi connectivity index (χ1n) is 9.66. The molecule has 1 rings (SSSR count). The second kappa shape index (κ2) is 16.1. The molecule has 1 heterocycles. The van der Waals surface area contributed by atoms with Gasteiger partial charge in [0.05, 0.1) is 0 Å². The summed E-state index contributed by atoms with van der Waals surface area (Å²) in [4.78, 5) is 9.41. The van der Waals surface area contributed by atoms with E-state index in [1.54, 1.807) is 0 Å². The molecule has 7 heteroatoms. The Bertz CT molecular complexity index is 335. The van der Waals surface area contributed by atoms with Crippen LogP contribution in [-0.2, 0) is 4.74 Å². The van der Waals surface area contributed by atoms with E-state index < -0.39 is 0 Å². The van der Waals surface area contributed by atoms with Gasteiger partial charge in [0.25, 0.3) is 0 Å². The molecule has 1 atom stereocenters. The van der Waals surface area contributed by atoms with E-state index in [0.717, 1.165) is 51.6 Å². The number of hydrogen-bond donors (Lipinski definition) is 2. The van der Waals surface area contributed by atoms with Gasteiger partial charge in [-0.3, -0.25) is 4.99 Å². The minimum Gasteiger partial charge on any atom is -0.382 e. The van der Waals surface area contributed by atoms with E-state index in [1.165, 1.54) is 32.7 Å². The number of unbranched alkanes of at least 4 members (excludes halogenated alkanes) is 1. The number of ether oxygens (including phenoxy) is 1. The zero-order valence-electron chi connectivity index (χ0n) is 16.7. The zero-order valence-corrected chi connectivity index (χ0v) is 19.1. The van der Waals surface area contributed by atoms with Gasteiger partial charge in [-0.05, 0) is 32.2 Å². The summed E-state index contributed by atoms with van der Waals surface area (Å²) in [6.45, 7) is 17.3. The molecule has 0 amide bonds. The topological polar surface area (TPSA) is 52.1 Å². The predicted molar refractivity (Wildman–Crippen MR) is 118 cm³/mol. The molecule has 0 aromatic rings. The van der Waals surface area contributed by atoms with E-state index in [0.29, 0.717) is 5.92 Å². The molecular formula is C18H40IN5O. The Morgan fingerprint density at radius 2 is 1.76 bits per heavy atom. The van der Waals surface area contributed by atoms with Crippen LogP contribution in [0.4, 0.5) is 0 Å². The van der Waals surface area contributed by atoms with Crippen molar-refractivity contribution in [2.75, 3.05) is 72.6 Å². The molecule has 1 fully saturated rings. The SMILES string of the molecule is CCOCCCCNC(=NC)NCC(C)CN1CCN(CC)CC1.I. The standard InChI is InChI=1S/C18H39N5O.HI/c1-5-22-10-12-23(13-11-22)16-17(3)15-21-18(19-4)20-9-7-8-14-24-6-2;/h17H,5-16H2,1-4H3,(H2,19,20,21);1H. The van der Waals surface area contributed by atoms with E-state index in [2.05, 4.69) is 39.3 Å². The number of aliphatic imine (C=N–C) groups is 1. The Hall–Kier alpha value is -0.120. The van der Waals surface area contributed by atoms with Crippen LogP contribution in [0.3, 0.4) is 0 Å². The third-order valence-electron chi connectivity index (χ3n) is 4.54. The largest absolute Gasteiger partial charge is 0.382 e. The fraction of sp³-hybridized carbons (Fsp3) is 0.944. The number of likely N-dealkylation sites (N-methyl/N-ethyl adjacent to an activating group) is 1. The summed E-state index contributed by atoms with van der Waals surface area (Å²) in [5.74, 6) is 1.53. The zero-order chi connectivity index (χ0) is 17.6. The van der Waals surface area contributed by atoms with Crippen LogP contribution < -0.4 is 10.6 Å². The van der Waals surface area contributed by atoms with Crippen molar-refractivity contribution in [2.24, 2.45) is 10.9 Å². The van der Waals surface area contributed by atoms with Gasteiger partial charge in [-0.15, -0.1) is 24.0 Å². The number of guanidine groups is 1. The van der Waals surface area contributed by atoms with Crippen molar-refractivity contribution < 1.29 is 4.74 Å². The average molecular weight is 469 g/mol. The molecule has 0 bridgehead atoms. The lowest BCUT2D eigenvalue weighted by Gasteiger charge is -2.35. The van der Waals surface area contributed by atoms with Crippen LogP contribution in [0.15, 0.2) is 4.99 Å². The number of rotatable bonds is 11. The molecule has 150 valence electrons. The highest BCUT2D eigenvalue weighted by Crippen LogP contribution is 2.05. The summed E-state index contributed by atoms with van der Waals surface area (Å²) in [6.07, 6.45) is 2.20. The minimum atomic E-state index is 0. The predicted octanol–water partition coefficient (Wildman–Crippen LogP) is 1.86. The van der Waals surface area contributed by atoms with Gasteiger partial charge in [-0.1, -0.05) is 13.8 Å². The van der Waals surface area contributed by atoms with Gasteiger partial charge >= 0.3 is 0 Å². The van der Waals surface area contributed by atoms with E-state index in [-0.39, 0.29) is 24.0 Å². The molecule has 0 spiro atoms. The van der Waals surface area contributed by atoms with Gasteiger partial charge in [-0.25, -0.2) is 0 Å². The first-order chi connectivity index (χ1) is 11.7. The van der Waals surface area contributed by atoms with Crippen LogP contribution >= 0.6 is 24.0 Å². The van der Waals surface area contributed by atoms with Crippen molar-refractivity contribution in [1.29, 1.82) is 0 Å². The van der Waals surface area contributed by atoms with Crippen molar-refractivity contribution in [2.45, 2.75) is 33.6 Å². The second-order valence-electron chi connectivity index (χ2n) is 6.62. The summed E-state index contributed by atoms with van der Waals surface area (Å²) in [5.41, 5.74) is 0. The Kier molecular flexibility index (Phi) is 16.0. The van der Waals surface area contributed by atoms with E-state index in [9.17, 15) is 0 Å². The maximum absolute atomic E-state index is 5.35. The summed E-state index contributed by atoms with van der Waals surface area (Å²) in [7, 11) is 1.84. The summed E-state index contributed by atoms with van der Waals surface area (Å²) in [5, 5.41) is 6.83. The smallest absolute Gasteiger partial charge is 0.190 e. The number of hydrogen-bond acceptors (Lipinski definition) is 4. The quantitative estimate of drug-likeness (QED) is 0.210. The number of halogens is 1. The van der Waals surface area contributed by atoms with Gasteiger partial charge in [-0.2, -0.15) is 0 Å². The Labute approximate surface area is 172 Å². The molecule has 0 radical (unpaired) electrons. The van der Waals surface area contributed by atoms with Crippen LogP contribution in [0.1, 0.15) is 33.6 Å². The minimum absolute atomic E-state index is 0. The fourth-order valence-corrected chi connectivity index (χ4v) is 2.97. The van der Waals surface area contributed by atoms with Crippen LogP contribution in [0, 0.1) is 5.92 Å². The molecule has 1 aliphatic heterocycles. The first-order valence-corrected chi connectivity index (χ1v) is 9.66. The number of nitrogens with zero attached hydrogens (tertiary/aromatic N) is 3. The van der Waals surface area contributed by atoms with Crippen LogP contribution in [-0.4, -0.2) is 88.4 Å². The monoisotopic (exact) mass is 469 g/mol. The summed E-state index contributed by atoms with van der Waals surface area (Å²) >= 11 is 0. The second-order valence-corrected chi connectivity index (χ2v) is 6.62. The highest BCUT2D eigenvalue weighted by Gasteiger charge is 2.17. The lowest BCUT2D eigenvalue weighted by atomic mass is 10.1. The van der Waals surface area contributed by atoms with Crippen molar-refractivity contribution in [3.05, 3.63) is 0 Å². The molecule has 1 saturated heterocycles. The van der Waals surface area contributed by atoms with Gasteiger partial charge in [0.15, 0.2) is 5.96 Å². The van der Waals surface area contributed by atoms with E-state index >= 15 is 0 Å². The first kappa shape index (κ1) is 24.9. The van der Waals surface area contributed by atoms with E-state index in [4.69, 9.17) is 4.74 Å². The molecule has 25 heavy (non-hydrogen) atoms. The van der Waals surface area contributed by atoms with Crippen molar-refractivity contribution in [3.8, 4) is 0 Å². The van der Waals surface area contributed by atoms with E-state index in [1.807, 2.05) is 14.0 Å². The van der Waals surface area contributed by atoms with Gasteiger partial charge in [0.1, 0.15) is 0 Å². The highest BCUT2D eigenvalue weighted by atomic mass is 127. The van der Waals surface area contributed by atoms with Crippen molar-refractivity contribution >= 4 is 29.9 Å². The molecule has 6 nitrogen and oxygen atoms in total. The fourth-order valence-electron chi connectivity index (χ4n) is 2.97. The maximum atomic E-state index is 5.35. The van der Waals surface area contributed by atoms with Crippen LogP contribution in [0.2, 0.25) is 0 Å². The molecule has 0 aromatic heterocycles. The third-order valence-corrected chi connectivity index (χ3v) is 4.54. The van der Waals surface area contributed by atoms with Gasteiger partial charge in [0, 0.05) is 66.1 Å². The van der Waals surface area contributed by atoms with Gasteiger partial charge < -0.3 is 25.2 Å². The molecular weight excluding hydrogens is 429 g/mol. The third kappa shape index (κ3) is 12.0.